The summed E-state index contributed by atoms with van der Waals surface area (Å²) in [5.74, 6) is -0.893. The first-order valence-electron chi connectivity index (χ1n) is 5.61. The van der Waals surface area contributed by atoms with Crippen LogP contribution in [0.1, 0.15) is 5.56 Å². The molecule has 0 aromatic heterocycles. The molecule has 2 aromatic rings. The summed E-state index contributed by atoms with van der Waals surface area (Å²) in [5, 5.41) is 8.90. The average Bonchev–Trinajstić information content (AvgIpc) is 2.42. The van der Waals surface area contributed by atoms with Crippen LogP contribution in [0.15, 0.2) is 45.8 Å². The van der Waals surface area contributed by atoms with Gasteiger partial charge in [-0.15, -0.1) is 0 Å². The van der Waals surface area contributed by atoms with Crippen molar-refractivity contribution < 1.29 is 12.8 Å². The second-order valence-corrected chi connectivity index (χ2v) is 6.57. The second kappa shape index (κ2) is 5.71. The molecular formula is C13H9BrFN3O2S. The highest BCUT2D eigenvalue weighted by Gasteiger charge is 2.21. The summed E-state index contributed by atoms with van der Waals surface area (Å²) in [6, 6.07) is 9.43. The van der Waals surface area contributed by atoms with E-state index in [4.69, 9.17) is 11.0 Å². The van der Waals surface area contributed by atoms with Crippen LogP contribution in [0.2, 0.25) is 0 Å². The van der Waals surface area contributed by atoms with E-state index in [1.807, 2.05) is 0 Å². The molecule has 0 aliphatic carbocycles. The third kappa shape index (κ3) is 3.15. The summed E-state index contributed by atoms with van der Waals surface area (Å²) in [6.45, 7) is 0. The van der Waals surface area contributed by atoms with Crippen LogP contribution in [0.5, 0.6) is 0 Å². The van der Waals surface area contributed by atoms with Crippen molar-refractivity contribution in [2.45, 2.75) is 4.90 Å². The van der Waals surface area contributed by atoms with Crippen LogP contribution < -0.4 is 10.5 Å². The second-order valence-electron chi connectivity index (χ2n) is 4.07. The molecule has 0 radical (unpaired) electrons. The minimum absolute atomic E-state index is 0.212. The number of halogens is 2. The largest absolute Gasteiger partial charge is 0.398 e. The van der Waals surface area contributed by atoms with Crippen molar-refractivity contribution in [2.24, 2.45) is 0 Å². The van der Waals surface area contributed by atoms with E-state index in [-0.39, 0.29) is 5.69 Å². The van der Waals surface area contributed by atoms with Gasteiger partial charge in [0.25, 0.3) is 10.0 Å². The van der Waals surface area contributed by atoms with E-state index < -0.39 is 26.3 Å². The van der Waals surface area contributed by atoms with Crippen molar-refractivity contribution in [3.8, 4) is 6.07 Å². The number of nitrogens with two attached hydrogens (primary N) is 1. The van der Waals surface area contributed by atoms with Gasteiger partial charge in [-0.05, 0) is 46.3 Å². The van der Waals surface area contributed by atoms with Gasteiger partial charge < -0.3 is 5.73 Å². The Balaban J connectivity index is 2.46. The molecule has 0 atom stereocenters. The van der Waals surface area contributed by atoms with E-state index in [1.54, 1.807) is 12.1 Å². The number of anilines is 2. The monoisotopic (exact) mass is 369 g/mol. The Bertz CT molecular complexity index is 847. The van der Waals surface area contributed by atoms with Crippen LogP contribution >= 0.6 is 15.9 Å². The molecule has 0 aliphatic heterocycles. The van der Waals surface area contributed by atoms with Crippen molar-refractivity contribution in [3.63, 3.8) is 0 Å². The molecule has 2 rings (SSSR count). The van der Waals surface area contributed by atoms with Crippen LogP contribution in [0.4, 0.5) is 15.8 Å². The third-order valence-electron chi connectivity index (χ3n) is 2.62. The predicted octanol–water partition coefficient (Wildman–Crippen LogP) is 2.84. The SMILES string of the molecule is N#Cc1c(F)cccc1S(=O)(=O)Nc1ccc(Br)c(N)c1. The number of sulfonamides is 1. The summed E-state index contributed by atoms with van der Waals surface area (Å²) in [4.78, 5) is -0.425. The van der Waals surface area contributed by atoms with Gasteiger partial charge in [0.2, 0.25) is 0 Å². The maximum Gasteiger partial charge on any atom is 0.263 e. The molecule has 0 aliphatic rings. The zero-order valence-corrected chi connectivity index (χ0v) is 12.9. The van der Waals surface area contributed by atoms with Gasteiger partial charge in [-0.3, -0.25) is 4.72 Å². The molecule has 0 unspecified atom stereocenters. The van der Waals surface area contributed by atoms with Crippen molar-refractivity contribution in [2.75, 3.05) is 10.5 Å². The van der Waals surface area contributed by atoms with E-state index >= 15 is 0 Å². The fourth-order valence-corrected chi connectivity index (χ4v) is 3.12. The molecule has 0 fully saturated rings. The molecule has 0 heterocycles. The van der Waals surface area contributed by atoms with E-state index in [9.17, 15) is 12.8 Å². The van der Waals surface area contributed by atoms with Crippen molar-refractivity contribution >= 4 is 37.3 Å². The maximum atomic E-state index is 13.5. The Morgan fingerprint density at radius 2 is 2.00 bits per heavy atom. The molecular weight excluding hydrogens is 361 g/mol. The number of nitrogens with zero attached hydrogens (tertiary/aromatic N) is 1. The van der Waals surface area contributed by atoms with Gasteiger partial charge >= 0.3 is 0 Å². The lowest BCUT2D eigenvalue weighted by Crippen LogP contribution is -2.15. The van der Waals surface area contributed by atoms with E-state index in [0.717, 1.165) is 12.1 Å². The standard InChI is InChI=1S/C13H9BrFN3O2S/c14-10-5-4-8(6-12(10)17)18-21(19,20)13-3-1-2-11(15)9(13)7-16/h1-6,18H,17H2. The number of nitriles is 1. The quantitative estimate of drug-likeness (QED) is 0.812. The number of nitrogen functional groups attached to an aromatic ring is 1. The minimum Gasteiger partial charge on any atom is -0.398 e. The van der Waals surface area contributed by atoms with E-state index in [2.05, 4.69) is 20.7 Å². The van der Waals surface area contributed by atoms with Gasteiger partial charge in [-0.25, -0.2) is 12.8 Å². The van der Waals surface area contributed by atoms with E-state index in [1.165, 1.54) is 18.2 Å². The van der Waals surface area contributed by atoms with Crippen LogP contribution in [0, 0.1) is 17.1 Å². The topological polar surface area (TPSA) is 96.0 Å². The van der Waals surface area contributed by atoms with Gasteiger partial charge in [0.1, 0.15) is 22.3 Å². The van der Waals surface area contributed by atoms with Crippen LogP contribution in [-0.4, -0.2) is 8.42 Å². The van der Waals surface area contributed by atoms with Crippen LogP contribution in [-0.2, 0) is 10.0 Å². The summed E-state index contributed by atoms with van der Waals surface area (Å²) >= 11 is 3.19. The van der Waals surface area contributed by atoms with Gasteiger partial charge in [0.15, 0.2) is 0 Å². The lowest BCUT2D eigenvalue weighted by molar-refractivity contribution is 0.593. The number of hydrogen-bond donors (Lipinski definition) is 2. The summed E-state index contributed by atoms with van der Waals surface area (Å²) in [5.41, 5.74) is 5.69. The Hall–Kier alpha value is -2.11. The Morgan fingerprint density at radius 3 is 2.62 bits per heavy atom. The molecule has 0 amide bonds. The smallest absolute Gasteiger partial charge is 0.263 e. The van der Waals surface area contributed by atoms with Crippen molar-refractivity contribution in [3.05, 3.63) is 52.3 Å². The van der Waals surface area contributed by atoms with Crippen LogP contribution in [0.3, 0.4) is 0 Å². The third-order valence-corrected chi connectivity index (χ3v) is 4.77. The molecule has 108 valence electrons. The molecule has 0 saturated carbocycles. The Morgan fingerprint density at radius 1 is 1.29 bits per heavy atom. The number of nitrogens with one attached hydrogen (secondary N) is 1. The predicted molar refractivity (Wildman–Crippen MR) is 80.5 cm³/mol. The molecule has 0 spiro atoms. The molecule has 2 aromatic carbocycles. The first-order valence-corrected chi connectivity index (χ1v) is 7.89. The Kier molecular flexibility index (Phi) is 4.16. The number of rotatable bonds is 3. The van der Waals surface area contributed by atoms with Gasteiger partial charge in [0.05, 0.1) is 5.69 Å². The van der Waals surface area contributed by atoms with Crippen molar-refractivity contribution in [1.82, 2.24) is 0 Å². The normalized spacial score (nSPS) is 10.9. The molecule has 21 heavy (non-hydrogen) atoms. The van der Waals surface area contributed by atoms with Gasteiger partial charge in [-0.2, -0.15) is 5.26 Å². The molecule has 3 N–H and O–H groups in total. The molecule has 8 heteroatoms. The van der Waals surface area contributed by atoms with Gasteiger partial charge in [0, 0.05) is 10.2 Å². The summed E-state index contributed by atoms with van der Waals surface area (Å²) in [6.07, 6.45) is 0. The minimum atomic E-state index is -4.09. The Labute approximate surface area is 129 Å². The number of benzene rings is 2. The zero-order valence-electron chi connectivity index (χ0n) is 10.5. The highest BCUT2D eigenvalue weighted by Crippen LogP contribution is 2.26. The average molecular weight is 370 g/mol. The summed E-state index contributed by atoms with van der Waals surface area (Å²) < 4.78 is 40.9. The van der Waals surface area contributed by atoms with Crippen LogP contribution in [0.25, 0.3) is 0 Å². The lowest BCUT2D eigenvalue weighted by Gasteiger charge is -2.10. The van der Waals surface area contributed by atoms with Gasteiger partial charge in [-0.1, -0.05) is 6.07 Å². The highest BCUT2D eigenvalue weighted by atomic mass is 79.9. The molecule has 0 bridgehead atoms. The molecule has 5 nitrogen and oxygen atoms in total. The summed E-state index contributed by atoms with van der Waals surface area (Å²) in [7, 11) is -4.09. The number of hydrogen-bond acceptors (Lipinski definition) is 4. The fraction of sp³-hybridized carbons (Fsp3) is 0. The first-order chi connectivity index (χ1) is 9.85. The molecule has 0 saturated heterocycles. The first kappa shape index (κ1) is 15.3. The lowest BCUT2D eigenvalue weighted by atomic mass is 10.2. The van der Waals surface area contributed by atoms with E-state index in [0.29, 0.717) is 10.2 Å². The maximum absolute atomic E-state index is 13.5. The van der Waals surface area contributed by atoms with Crippen molar-refractivity contribution in [1.29, 1.82) is 5.26 Å². The fourth-order valence-electron chi connectivity index (χ4n) is 1.65. The zero-order chi connectivity index (χ0) is 15.6. The highest BCUT2D eigenvalue weighted by molar-refractivity contribution is 9.10.